The van der Waals surface area contributed by atoms with Gasteiger partial charge in [0.25, 0.3) is 11.8 Å². The molecule has 0 bridgehead atoms. The highest BCUT2D eigenvalue weighted by atomic mass is 16.5. The van der Waals surface area contributed by atoms with E-state index in [0.717, 1.165) is 43.5 Å². The monoisotopic (exact) mass is 520 g/mol. The molecular formula is C29H36N4O5. The Bertz CT molecular complexity index is 1170. The second-order valence-corrected chi connectivity index (χ2v) is 9.98. The first-order valence-electron chi connectivity index (χ1n) is 13.2. The van der Waals surface area contributed by atoms with E-state index in [9.17, 15) is 14.4 Å². The number of amides is 2. The van der Waals surface area contributed by atoms with Crippen molar-refractivity contribution in [3.05, 3.63) is 53.6 Å². The van der Waals surface area contributed by atoms with Crippen LogP contribution in [0, 0.1) is 11.3 Å². The van der Waals surface area contributed by atoms with Crippen molar-refractivity contribution in [1.29, 1.82) is 5.41 Å². The van der Waals surface area contributed by atoms with Gasteiger partial charge in [-0.25, -0.2) is 0 Å². The van der Waals surface area contributed by atoms with Crippen LogP contribution in [0.3, 0.4) is 0 Å². The van der Waals surface area contributed by atoms with E-state index in [1.165, 1.54) is 7.11 Å². The molecule has 1 aliphatic heterocycles. The van der Waals surface area contributed by atoms with Gasteiger partial charge in [-0.1, -0.05) is 30.3 Å². The number of carbonyl (C=O) groups is 3. The molecule has 0 aromatic heterocycles. The Hall–Kier alpha value is -3.88. The van der Waals surface area contributed by atoms with Crippen molar-refractivity contribution in [3.63, 3.8) is 0 Å². The molecule has 0 atom stereocenters. The van der Waals surface area contributed by atoms with Crippen molar-refractivity contribution in [2.75, 3.05) is 26.8 Å². The molecule has 0 spiro atoms. The van der Waals surface area contributed by atoms with Crippen LogP contribution >= 0.6 is 0 Å². The smallest absolute Gasteiger partial charge is 0.309 e. The third-order valence-corrected chi connectivity index (χ3v) is 7.42. The van der Waals surface area contributed by atoms with Crippen LogP contribution in [-0.2, 0) is 14.3 Å². The van der Waals surface area contributed by atoms with Gasteiger partial charge in [0.15, 0.2) is 6.61 Å². The topological polar surface area (TPSA) is 135 Å². The Kier molecular flexibility index (Phi) is 8.99. The van der Waals surface area contributed by atoms with Gasteiger partial charge >= 0.3 is 5.97 Å². The summed E-state index contributed by atoms with van der Waals surface area (Å²) in [5.74, 6) is -0.465. The van der Waals surface area contributed by atoms with Crippen LogP contribution in [-0.4, -0.2) is 61.4 Å². The number of amidine groups is 1. The zero-order valence-corrected chi connectivity index (χ0v) is 21.8. The van der Waals surface area contributed by atoms with E-state index in [4.69, 9.17) is 20.6 Å². The molecular weight excluding hydrogens is 484 g/mol. The number of nitrogens with one attached hydrogen (secondary N) is 2. The number of rotatable bonds is 8. The molecule has 2 fully saturated rings. The normalized spacial score (nSPS) is 19.3. The van der Waals surface area contributed by atoms with E-state index in [1.807, 2.05) is 18.2 Å². The average molecular weight is 521 g/mol. The number of hydrogen-bond acceptors (Lipinski definition) is 6. The first-order chi connectivity index (χ1) is 18.4. The predicted octanol–water partition coefficient (Wildman–Crippen LogP) is 3.49. The minimum atomic E-state index is -0.328. The van der Waals surface area contributed by atoms with Crippen LogP contribution in [0.4, 0.5) is 0 Å². The number of carbonyl (C=O) groups excluding carboxylic acids is 3. The number of esters is 1. The number of nitrogens with zero attached hydrogens (tertiary/aromatic N) is 1. The highest BCUT2D eigenvalue weighted by molar-refractivity contribution is 5.99. The molecule has 2 amide bonds. The predicted molar refractivity (Wildman–Crippen MR) is 144 cm³/mol. The molecule has 1 saturated heterocycles. The zero-order valence-electron chi connectivity index (χ0n) is 21.8. The molecule has 1 saturated carbocycles. The van der Waals surface area contributed by atoms with E-state index in [1.54, 1.807) is 29.2 Å². The molecule has 0 unspecified atom stereocenters. The van der Waals surface area contributed by atoms with Crippen LogP contribution in [0.25, 0.3) is 11.1 Å². The third kappa shape index (κ3) is 6.70. The molecule has 2 aromatic carbocycles. The Morgan fingerprint density at radius 3 is 2.26 bits per heavy atom. The van der Waals surface area contributed by atoms with Crippen molar-refractivity contribution in [2.45, 2.75) is 51.0 Å². The van der Waals surface area contributed by atoms with E-state index >= 15 is 0 Å². The lowest BCUT2D eigenvalue weighted by Gasteiger charge is -2.29. The molecule has 4 N–H and O–H groups in total. The van der Waals surface area contributed by atoms with E-state index in [0.29, 0.717) is 42.6 Å². The Morgan fingerprint density at radius 2 is 1.63 bits per heavy atom. The highest BCUT2D eigenvalue weighted by Crippen LogP contribution is 2.29. The lowest BCUT2D eigenvalue weighted by atomic mass is 9.86. The lowest BCUT2D eigenvalue weighted by molar-refractivity contribution is -0.156. The number of piperidine rings is 1. The molecule has 9 nitrogen and oxygen atoms in total. The van der Waals surface area contributed by atoms with E-state index in [-0.39, 0.29) is 42.2 Å². The molecule has 2 aliphatic rings. The minimum Gasteiger partial charge on any atom is -0.496 e. The van der Waals surface area contributed by atoms with Crippen LogP contribution in [0.2, 0.25) is 0 Å². The summed E-state index contributed by atoms with van der Waals surface area (Å²) in [5.41, 5.74) is 8.35. The van der Waals surface area contributed by atoms with Gasteiger partial charge in [0, 0.05) is 24.7 Å². The maximum atomic E-state index is 13.2. The SMILES string of the molecule is COc1ccc(-c2ccc(C(=N)N)cc2)cc1C(=O)NC1CCC(C(=O)OCC(=O)N2CCCCC2)CC1. The van der Waals surface area contributed by atoms with Gasteiger partial charge in [-0.3, -0.25) is 19.8 Å². The molecule has 2 aromatic rings. The van der Waals surface area contributed by atoms with Crippen LogP contribution in [0.15, 0.2) is 42.5 Å². The summed E-state index contributed by atoms with van der Waals surface area (Å²) in [6.07, 6.45) is 5.64. The summed E-state index contributed by atoms with van der Waals surface area (Å²) < 4.78 is 10.8. The van der Waals surface area contributed by atoms with Gasteiger partial charge in [0.1, 0.15) is 11.6 Å². The van der Waals surface area contributed by atoms with Crippen molar-refractivity contribution in [3.8, 4) is 16.9 Å². The summed E-state index contributed by atoms with van der Waals surface area (Å²) >= 11 is 0. The number of likely N-dealkylation sites (tertiary alicyclic amines) is 1. The molecule has 4 rings (SSSR count). The van der Waals surface area contributed by atoms with E-state index in [2.05, 4.69) is 5.32 Å². The van der Waals surface area contributed by atoms with Crippen LogP contribution < -0.4 is 15.8 Å². The van der Waals surface area contributed by atoms with Crippen molar-refractivity contribution < 1.29 is 23.9 Å². The maximum absolute atomic E-state index is 13.2. The van der Waals surface area contributed by atoms with Gasteiger partial charge in [-0.15, -0.1) is 0 Å². The summed E-state index contributed by atoms with van der Waals surface area (Å²) in [6, 6.07) is 12.6. The summed E-state index contributed by atoms with van der Waals surface area (Å²) in [4.78, 5) is 39.8. The number of hydrogen-bond donors (Lipinski definition) is 3. The Balaban J connectivity index is 1.30. The largest absolute Gasteiger partial charge is 0.496 e. The Morgan fingerprint density at radius 1 is 0.974 bits per heavy atom. The number of nitrogens with two attached hydrogens (primary N) is 1. The van der Waals surface area contributed by atoms with Gasteiger partial charge in [0.2, 0.25) is 0 Å². The summed E-state index contributed by atoms with van der Waals surface area (Å²) in [5, 5.41) is 10.6. The number of methoxy groups -OCH3 is 1. The van der Waals surface area contributed by atoms with Gasteiger partial charge < -0.3 is 25.4 Å². The number of nitrogen functional groups attached to an aromatic ring is 1. The first-order valence-corrected chi connectivity index (χ1v) is 13.2. The molecule has 9 heteroatoms. The summed E-state index contributed by atoms with van der Waals surface area (Å²) in [6.45, 7) is 1.28. The minimum absolute atomic E-state index is 0.000252. The van der Waals surface area contributed by atoms with Gasteiger partial charge in [0.05, 0.1) is 18.6 Å². The molecule has 1 aliphatic carbocycles. The summed E-state index contributed by atoms with van der Waals surface area (Å²) in [7, 11) is 1.53. The number of benzene rings is 2. The quantitative estimate of drug-likeness (QED) is 0.277. The molecule has 38 heavy (non-hydrogen) atoms. The van der Waals surface area contributed by atoms with Crippen molar-refractivity contribution >= 4 is 23.6 Å². The first kappa shape index (κ1) is 27.2. The van der Waals surface area contributed by atoms with Crippen molar-refractivity contribution in [2.24, 2.45) is 11.7 Å². The second-order valence-electron chi connectivity index (χ2n) is 9.98. The molecule has 202 valence electrons. The molecule has 1 heterocycles. The fourth-order valence-corrected chi connectivity index (χ4v) is 5.13. The lowest BCUT2D eigenvalue weighted by Crippen LogP contribution is -2.40. The van der Waals surface area contributed by atoms with Gasteiger partial charge in [-0.2, -0.15) is 0 Å². The van der Waals surface area contributed by atoms with Gasteiger partial charge in [-0.05, 0) is 68.2 Å². The number of ether oxygens (including phenoxy) is 2. The zero-order chi connectivity index (χ0) is 27.1. The maximum Gasteiger partial charge on any atom is 0.309 e. The van der Waals surface area contributed by atoms with Crippen molar-refractivity contribution in [1.82, 2.24) is 10.2 Å². The van der Waals surface area contributed by atoms with Crippen LogP contribution in [0.5, 0.6) is 5.75 Å². The fourth-order valence-electron chi connectivity index (χ4n) is 5.13. The van der Waals surface area contributed by atoms with E-state index < -0.39 is 0 Å². The highest BCUT2D eigenvalue weighted by Gasteiger charge is 2.30. The Labute approximate surface area is 223 Å². The van der Waals surface area contributed by atoms with Crippen LogP contribution in [0.1, 0.15) is 60.9 Å². The fraction of sp³-hybridized carbons (Fsp3) is 0.448. The standard InChI is InChI=1S/C29H36N4O5/c1-37-25-14-11-22(19-5-7-20(8-6-19)27(30)31)17-24(25)28(35)32-23-12-9-21(10-13-23)29(36)38-18-26(34)33-15-3-2-4-16-33/h5-8,11,14,17,21,23H,2-4,9-10,12-13,15-16,18H2,1H3,(H3,30,31)(H,32,35). The second kappa shape index (κ2) is 12.6. The average Bonchev–Trinajstić information content (AvgIpc) is 2.96. The molecule has 0 radical (unpaired) electrons. The third-order valence-electron chi connectivity index (χ3n) is 7.42.